The molecule has 0 bridgehead atoms. The molecule has 5 nitrogen and oxygen atoms in total. The highest BCUT2D eigenvalue weighted by Crippen LogP contribution is 2.26. The first kappa shape index (κ1) is 19.1. The molecular weight excluding hydrogens is 367 g/mol. The second kappa shape index (κ2) is 7.52. The molecule has 0 unspecified atom stereocenters. The zero-order valence-corrected chi connectivity index (χ0v) is 15.8. The molecule has 0 aliphatic carbocycles. The second-order valence-corrected chi connectivity index (χ2v) is 7.74. The number of carbonyl (C=O) groups excluding carboxylic acids is 3. The largest absolute Gasteiger partial charge is 0.325 e. The van der Waals surface area contributed by atoms with Gasteiger partial charge in [-0.25, -0.2) is 4.39 Å². The van der Waals surface area contributed by atoms with Gasteiger partial charge in [0.05, 0.1) is 17.7 Å². The summed E-state index contributed by atoms with van der Waals surface area (Å²) in [6, 6.07) is 12.9. The van der Waals surface area contributed by atoms with E-state index in [0.29, 0.717) is 11.3 Å². The van der Waals surface area contributed by atoms with Crippen molar-refractivity contribution >= 4 is 34.5 Å². The van der Waals surface area contributed by atoms with Gasteiger partial charge in [0.1, 0.15) is 5.82 Å². The van der Waals surface area contributed by atoms with Crippen LogP contribution in [0.15, 0.2) is 48.5 Å². The standard InChI is InChI=1S/C20H19FN2O3S/c1-20(2,14-5-7-15(21)8-6-14)18(25)22-16-9-3-13(4-10-16)11-23-17(24)12-27-19(23)26/h3-10H,11-12H2,1-2H3,(H,22,25). The van der Waals surface area contributed by atoms with Crippen molar-refractivity contribution in [3.05, 3.63) is 65.5 Å². The van der Waals surface area contributed by atoms with E-state index in [-0.39, 0.29) is 35.2 Å². The van der Waals surface area contributed by atoms with Crippen LogP contribution in [0, 0.1) is 5.82 Å². The van der Waals surface area contributed by atoms with Crippen LogP contribution in [0.1, 0.15) is 25.0 Å². The number of hydrogen-bond acceptors (Lipinski definition) is 4. The highest BCUT2D eigenvalue weighted by atomic mass is 32.2. The van der Waals surface area contributed by atoms with Crippen LogP contribution in [-0.4, -0.2) is 27.7 Å². The first-order valence-corrected chi connectivity index (χ1v) is 9.39. The molecule has 2 aromatic carbocycles. The molecule has 3 rings (SSSR count). The highest BCUT2D eigenvalue weighted by molar-refractivity contribution is 8.14. The minimum atomic E-state index is -0.835. The first-order valence-electron chi connectivity index (χ1n) is 8.41. The average Bonchev–Trinajstić information content (AvgIpc) is 2.95. The van der Waals surface area contributed by atoms with E-state index in [9.17, 15) is 18.8 Å². The molecule has 1 aliphatic heterocycles. The minimum absolute atomic E-state index is 0.186. The molecule has 0 atom stereocenters. The maximum absolute atomic E-state index is 13.1. The number of benzene rings is 2. The van der Waals surface area contributed by atoms with Gasteiger partial charge in [-0.05, 0) is 49.2 Å². The van der Waals surface area contributed by atoms with Gasteiger partial charge < -0.3 is 5.32 Å². The molecule has 1 heterocycles. The molecule has 0 saturated carbocycles. The molecule has 1 aliphatic rings. The van der Waals surface area contributed by atoms with Crippen molar-refractivity contribution in [1.29, 1.82) is 0 Å². The number of halogens is 1. The molecule has 0 spiro atoms. The van der Waals surface area contributed by atoms with Crippen molar-refractivity contribution in [2.75, 3.05) is 11.1 Å². The molecule has 3 amide bonds. The monoisotopic (exact) mass is 386 g/mol. The first-order chi connectivity index (χ1) is 12.8. The molecule has 2 aromatic rings. The Labute approximate surface area is 160 Å². The maximum Gasteiger partial charge on any atom is 0.289 e. The van der Waals surface area contributed by atoms with Crippen LogP contribution in [-0.2, 0) is 21.5 Å². The minimum Gasteiger partial charge on any atom is -0.325 e. The van der Waals surface area contributed by atoms with Crippen molar-refractivity contribution in [2.24, 2.45) is 0 Å². The number of thioether (sulfide) groups is 1. The van der Waals surface area contributed by atoms with E-state index >= 15 is 0 Å². The lowest BCUT2D eigenvalue weighted by Gasteiger charge is -2.24. The Morgan fingerprint density at radius 3 is 2.30 bits per heavy atom. The second-order valence-electron chi connectivity index (χ2n) is 6.82. The van der Waals surface area contributed by atoms with Crippen LogP contribution in [0.25, 0.3) is 0 Å². The zero-order chi connectivity index (χ0) is 19.6. The van der Waals surface area contributed by atoms with Crippen LogP contribution in [0.5, 0.6) is 0 Å². The van der Waals surface area contributed by atoms with Crippen LogP contribution in [0.3, 0.4) is 0 Å². The Balaban J connectivity index is 1.67. The SMILES string of the molecule is CC(C)(C(=O)Nc1ccc(CN2C(=O)CSC2=O)cc1)c1ccc(F)cc1. The molecule has 1 fully saturated rings. The maximum atomic E-state index is 13.1. The number of amides is 3. The smallest absolute Gasteiger partial charge is 0.289 e. The fourth-order valence-electron chi connectivity index (χ4n) is 2.69. The highest BCUT2D eigenvalue weighted by Gasteiger charge is 2.31. The summed E-state index contributed by atoms with van der Waals surface area (Å²) in [6.07, 6.45) is 0. The van der Waals surface area contributed by atoms with Crippen molar-refractivity contribution in [2.45, 2.75) is 25.8 Å². The molecule has 0 aromatic heterocycles. The zero-order valence-electron chi connectivity index (χ0n) is 15.0. The number of anilines is 1. The Morgan fingerprint density at radius 1 is 1.11 bits per heavy atom. The van der Waals surface area contributed by atoms with E-state index in [2.05, 4.69) is 5.32 Å². The molecule has 27 heavy (non-hydrogen) atoms. The van der Waals surface area contributed by atoms with Crippen molar-refractivity contribution < 1.29 is 18.8 Å². The van der Waals surface area contributed by atoms with Crippen molar-refractivity contribution in [1.82, 2.24) is 4.90 Å². The summed E-state index contributed by atoms with van der Waals surface area (Å²) >= 11 is 1.00. The number of nitrogens with zero attached hydrogens (tertiary/aromatic N) is 1. The van der Waals surface area contributed by atoms with E-state index in [1.54, 1.807) is 50.2 Å². The van der Waals surface area contributed by atoms with Crippen LogP contribution >= 0.6 is 11.8 Å². The summed E-state index contributed by atoms with van der Waals surface area (Å²) in [7, 11) is 0. The summed E-state index contributed by atoms with van der Waals surface area (Å²) in [5.74, 6) is -0.573. The van der Waals surface area contributed by atoms with Gasteiger partial charge in [0.15, 0.2) is 0 Å². The van der Waals surface area contributed by atoms with Gasteiger partial charge in [-0.15, -0.1) is 0 Å². The average molecular weight is 386 g/mol. The van der Waals surface area contributed by atoms with Gasteiger partial charge >= 0.3 is 0 Å². The Morgan fingerprint density at radius 2 is 1.74 bits per heavy atom. The molecule has 7 heteroatoms. The molecule has 140 valence electrons. The topological polar surface area (TPSA) is 66.5 Å². The lowest BCUT2D eigenvalue weighted by molar-refractivity contribution is -0.125. The summed E-state index contributed by atoms with van der Waals surface area (Å²) < 4.78 is 13.1. The van der Waals surface area contributed by atoms with E-state index in [1.807, 2.05) is 0 Å². The fraction of sp³-hybridized carbons (Fsp3) is 0.250. The summed E-state index contributed by atoms with van der Waals surface area (Å²) in [5.41, 5.74) is 1.28. The van der Waals surface area contributed by atoms with Crippen molar-refractivity contribution in [3.63, 3.8) is 0 Å². The van der Waals surface area contributed by atoms with Gasteiger partial charge in [-0.3, -0.25) is 19.3 Å². The summed E-state index contributed by atoms with van der Waals surface area (Å²) in [5, 5.41) is 2.61. The predicted molar refractivity (Wildman–Crippen MR) is 103 cm³/mol. The lowest BCUT2D eigenvalue weighted by atomic mass is 9.83. The predicted octanol–water partition coefficient (Wildman–Crippen LogP) is 3.94. The van der Waals surface area contributed by atoms with Crippen LogP contribution in [0.4, 0.5) is 14.9 Å². The third kappa shape index (κ3) is 4.19. The van der Waals surface area contributed by atoms with Gasteiger partial charge in [0, 0.05) is 5.69 Å². The van der Waals surface area contributed by atoms with Crippen LogP contribution < -0.4 is 5.32 Å². The number of nitrogens with one attached hydrogen (secondary N) is 1. The summed E-state index contributed by atoms with van der Waals surface area (Å²) in [6.45, 7) is 3.76. The fourth-order valence-corrected chi connectivity index (χ4v) is 3.42. The Bertz CT molecular complexity index is 863. The molecular formula is C20H19FN2O3S. The van der Waals surface area contributed by atoms with Gasteiger partial charge in [-0.2, -0.15) is 0 Å². The Kier molecular flexibility index (Phi) is 5.32. The molecule has 0 radical (unpaired) electrons. The van der Waals surface area contributed by atoms with Crippen LogP contribution in [0.2, 0.25) is 0 Å². The van der Waals surface area contributed by atoms with E-state index < -0.39 is 5.41 Å². The normalized spacial score (nSPS) is 14.6. The van der Waals surface area contributed by atoms with Gasteiger partial charge in [0.25, 0.3) is 5.24 Å². The van der Waals surface area contributed by atoms with Crippen molar-refractivity contribution in [3.8, 4) is 0 Å². The quantitative estimate of drug-likeness (QED) is 0.845. The number of hydrogen-bond donors (Lipinski definition) is 1. The van der Waals surface area contributed by atoms with E-state index in [4.69, 9.17) is 0 Å². The third-order valence-corrected chi connectivity index (χ3v) is 5.39. The lowest BCUT2D eigenvalue weighted by Crippen LogP contribution is -2.34. The van der Waals surface area contributed by atoms with E-state index in [1.165, 1.54) is 17.0 Å². The number of imide groups is 1. The number of carbonyl (C=O) groups is 3. The number of rotatable bonds is 5. The third-order valence-electron chi connectivity index (χ3n) is 4.53. The molecule has 1 N–H and O–H groups in total. The summed E-state index contributed by atoms with van der Waals surface area (Å²) in [4.78, 5) is 37.2. The molecule has 1 saturated heterocycles. The van der Waals surface area contributed by atoms with Gasteiger partial charge in [0.2, 0.25) is 11.8 Å². The Hall–Kier alpha value is -2.67. The van der Waals surface area contributed by atoms with Gasteiger partial charge in [-0.1, -0.05) is 36.0 Å². The van der Waals surface area contributed by atoms with E-state index in [0.717, 1.165) is 17.3 Å².